The van der Waals surface area contributed by atoms with Crippen molar-refractivity contribution in [3.63, 3.8) is 0 Å². The van der Waals surface area contributed by atoms with Gasteiger partial charge in [0.2, 0.25) is 0 Å². The summed E-state index contributed by atoms with van der Waals surface area (Å²) in [6, 6.07) is 23.1. The summed E-state index contributed by atoms with van der Waals surface area (Å²) >= 11 is 0. The van der Waals surface area contributed by atoms with E-state index < -0.39 is 5.97 Å². The van der Waals surface area contributed by atoms with Crippen LogP contribution in [0.25, 0.3) is 11.1 Å². The van der Waals surface area contributed by atoms with Crippen LogP contribution in [0.1, 0.15) is 71.4 Å². The Balaban J connectivity index is 1.91. The van der Waals surface area contributed by atoms with Gasteiger partial charge in [-0.15, -0.1) is 0 Å². The van der Waals surface area contributed by atoms with Gasteiger partial charge in [0.05, 0.1) is 12.2 Å². The molecule has 0 aliphatic heterocycles. The second-order valence-electron chi connectivity index (χ2n) is 7.64. The van der Waals surface area contributed by atoms with Gasteiger partial charge in [-0.25, -0.2) is 4.79 Å². The number of ketones is 1. The monoisotopic (exact) mass is 414 g/mol. The second-order valence-corrected chi connectivity index (χ2v) is 7.64. The third-order valence-corrected chi connectivity index (χ3v) is 5.43. The van der Waals surface area contributed by atoms with E-state index in [0.717, 1.165) is 42.4 Å². The molecule has 3 aromatic rings. The number of aryl methyl sites for hydroxylation is 1. The molecule has 0 saturated heterocycles. The van der Waals surface area contributed by atoms with Gasteiger partial charge in [-0.2, -0.15) is 0 Å². The van der Waals surface area contributed by atoms with Gasteiger partial charge in [-0.05, 0) is 36.5 Å². The summed E-state index contributed by atoms with van der Waals surface area (Å²) in [4.78, 5) is 26.1. The predicted octanol–water partition coefficient (Wildman–Crippen LogP) is 6.88. The highest BCUT2D eigenvalue weighted by Gasteiger charge is 2.22. The Morgan fingerprint density at radius 2 is 1.45 bits per heavy atom. The predicted molar refractivity (Wildman–Crippen MR) is 126 cm³/mol. The van der Waals surface area contributed by atoms with Crippen molar-refractivity contribution in [3.8, 4) is 11.1 Å². The van der Waals surface area contributed by atoms with Gasteiger partial charge in [0.1, 0.15) is 0 Å². The van der Waals surface area contributed by atoms with Crippen LogP contribution in [0.3, 0.4) is 0 Å². The fourth-order valence-electron chi connectivity index (χ4n) is 3.78. The molecule has 0 unspecified atom stereocenters. The first kappa shape index (κ1) is 22.5. The highest BCUT2D eigenvalue weighted by molar-refractivity contribution is 6.15. The van der Waals surface area contributed by atoms with E-state index in [1.54, 1.807) is 13.0 Å². The smallest absolute Gasteiger partial charge is 0.339 e. The minimum absolute atomic E-state index is 0.155. The topological polar surface area (TPSA) is 43.4 Å². The van der Waals surface area contributed by atoms with Crippen molar-refractivity contribution < 1.29 is 14.3 Å². The zero-order chi connectivity index (χ0) is 22.1. The van der Waals surface area contributed by atoms with E-state index in [9.17, 15) is 9.59 Å². The van der Waals surface area contributed by atoms with Gasteiger partial charge in [0.15, 0.2) is 5.78 Å². The normalized spacial score (nSPS) is 10.6. The number of carbonyl (C=O) groups excluding carboxylic acids is 2. The van der Waals surface area contributed by atoms with Gasteiger partial charge < -0.3 is 4.74 Å². The molecule has 0 fully saturated rings. The van der Waals surface area contributed by atoms with E-state index in [-0.39, 0.29) is 12.4 Å². The lowest BCUT2D eigenvalue weighted by Crippen LogP contribution is -2.15. The maximum Gasteiger partial charge on any atom is 0.339 e. The second kappa shape index (κ2) is 11.3. The highest BCUT2D eigenvalue weighted by Crippen LogP contribution is 2.24. The number of hydrogen-bond donors (Lipinski definition) is 0. The van der Waals surface area contributed by atoms with Crippen LogP contribution in [0.5, 0.6) is 0 Å². The van der Waals surface area contributed by atoms with Crippen molar-refractivity contribution in [2.45, 2.75) is 46.0 Å². The minimum Gasteiger partial charge on any atom is -0.462 e. The molecule has 0 spiro atoms. The standard InChI is InChI=1S/C28H30O3/c1-3-5-6-8-14-23-15-11-16-25(26(23)28(30)31-4-2)27(29)24-19-17-22(18-20-24)21-12-9-7-10-13-21/h7,9-13,15-20H,3-6,8,14H2,1-2H3. The first-order chi connectivity index (χ1) is 15.2. The number of hydrogen-bond acceptors (Lipinski definition) is 3. The molecule has 3 heteroatoms. The number of unbranched alkanes of at least 4 members (excludes halogenated alkanes) is 3. The number of ether oxygens (including phenoxy) is 1. The van der Waals surface area contributed by atoms with E-state index in [4.69, 9.17) is 4.74 Å². The lowest BCUT2D eigenvalue weighted by Gasteiger charge is -2.14. The number of carbonyl (C=O) groups is 2. The molecule has 3 nitrogen and oxygen atoms in total. The minimum atomic E-state index is -0.419. The molecule has 3 rings (SSSR count). The maximum atomic E-state index is 13.3. The largest absolute Gasteiger partial charge is 0.462 e. The zero-order valence-corrected chi connectivity index (χ0v) is 18.4. The van der Waals surface area contributed by atoms with Crippen molar-refractivity contribution in [3.05, 3.63) is 95.1 Å². The number of esters is 1. The molecule has 0 amide bonds. The average molecular weight is 415 g/mol. The summed E-state index contributed by atoms with van der Waals surface area (Å²) in [6.07, 6.45) is 5.19. The third kappa shape index (κ3) is 5.69. The van der Waals surface area contributed by atoms with Gasteiger partial charge in [0, 0.05) is 11.1 Å². The average Bonchev–Trinajstić information content (AvgIpc) is 2.82. The van der Waals surface area contributed by atoms with Crippen LogP contribution in [-0.2, 0) is 11.2 Å². The lowest BCUT2D eigenvalue weighted by atomic mass is 9.91. The van der Waals surface area contributed by atoms with E-state index in [2.05, 4.69) is 6.92 Å². The highest BCUT2D eigenvalue weighted by atomic mass is 16.5. The molecule has 3 aromatic carbocycles. The molecule has 0 radical (unpaired) electrons. The molecule has 0 aliphatic rings. The molecule has 0 bridgehead atoms. The van der Waals surface area contributed by atoms with Crippen LogP contribution in [0, 0.1) is 0 Å². The summed E-state index contributed by atoms with van der Waals surface area (Å²) in [6.45, 7) is 4.24. The zero-order valence-electron chi connectivity index (χ0n) is 18.4. The molecule has 0 aromatic heterocycles. The fourth-order valence-corrected chi connectivity index (χ4v) is 3.78. The van der Waals surface area contributed by atoms with Crippen molar-refractivity contribution in [2.24, 2.45) is 0 Å². The SMILES string of the molecule is CCCCCCc1cccc(C(=O)c2ccc(-c3ccccc3)cc2)c1C(=O)OCC. The quantitative estimate of drug-likeness (QED) is 0.206. The van der Waals surface area contributed by atoms with Gasteiger partial charge in [-0.3, -0.25) is 4.79 Å². The third-order valence-electron chi connectivity index (χ3n) is 5.43. The molecular weight excluding hydrogens is 384 g/mol. The molecular formula is C28H30O3. The maximum absolute atomic E-state index is 13.3. The van der Waals surface area contributed by atoms with Crippen LogP contribution in [0.4, 0.5) is 0 Å². The summed E-state index contributed by atoms with van der Waals surface area (Å²) in [5.41, 5.74) is 4.43. The van der Waals surface area contributed by atoms with Crippen LogP contribution >= 0.6 is 0 Å². The Hall–Kier alpha value is -3.20. The van der Waals surface area contributed by atoms with E-state index in [1.165, 1.54) is 6.42 Å². The van der Waals surface area contributed by atoms with E-state index in [1.807, 2.05) is 66.7 Å². The Morgan fingerprint density at radius 1 is 0.742 bits per heavy atom. The molecule has 0 N–H and O–H groups in total. The van der Waals surface area contributed by atoms with Crippen LogP contribution in [-0.4, -0.2) is 18.4 Å². The summed E-state index contributed by atoms with van der Waals surface area (Å²) in [5.74, 6) is -0.573. The van der Waals surface area contributed by atoms with Crippen molar-refractivity contribution >= 4 is 11.8 Å². The Labute approximate surface area is 185 Å². The molecule has 160 valence electrons. The summed E-state index contributed by atoms with van der Waals surface area (Å²) < 4.78 is 5.31. The van der Waals surface area contributed by atoms with E-state index in [0.29, 0.717) is 16.7 Å². The molecule has 0 atom stereocenters. The Bertz CT molecular complexity index is 1000. The van der Waals surface area contributed by atoms with Gasteiger partial charge in [0.25, 0.3) is 0 Å². The molecule has 0 saturated carbocycles. The van der Waals surface area contributed by atoms with Crippen LogP contribution in [0.2, 0.25) is 0 Å². The van der Waals surface area contributed by atoms with Crippen molar-refractivity contribution in [1.29, 1.82) is 0 Å². The lowest BCUT2D eigenvalue weighted by molar-refractivity contribution is 0.0522. The first-order valence-electron chi connectivity index (χ1n) is 11.1. The van der Waals surface area contributed by atoms with Gasteiger partial charge in [-0.1, -0.05) is 99.0 Å². The summed E-state index contributed by atoms with van der Waals surface area (Å²) in [7, 11) is 0. The van der Waals surface area contributed by atoms with E-state index >= 15 is 0 Å². The molecule has 0 heterocycles. The Kier molecular flexibility index (Phi) is 8.17. The van der Waals surface area contributed by atoms with Crippen molar-refractivity contribution in [2.75, 3.05) is 6.61 Å². The fraction of sp³-hybridized carbons (Fsp3) is 0.286. The first-order valence-corrected chi connectivity index (χ1v) is 11.1. The van der Waals surface area contributed by atoms with Crippen LogP contribution < -0.4 is 0 Å². The van der Waals surface area contributed by atoms with Crippen molar-refractivity contribution in [1.82, 2.24) is 0 Å². The number of benzene rings is 3. The molecule has 31 heavy (non-hydrogen) atoms. The molecule has 0 aliphatic carbocycles. The van der Waals surface area contributed by atoms with Gasteiger partial charge >= 0.3 is 5.97 Å². The summed E-state index contributed by atoms with van der Waals surface area (Å²) in [5, 5.41) is 0. The van der Waals surface area contributed by atoms with Crippen LogP contribution in [0.15, 0.2) is 72.8 Å². The Morgan fingerprint density at radius 3 is 2.13 bits per heavy atom. The number of rotatable bonds is 10.